The Morgan fingerprint density at radius 2 is 1.54 bits per heavy atom. The van der Waals surface area contributed by atoms with Crippen LogP contribution in [0.25, 0.3) is 0 Å². The minimum absolute atomic E-state index is 0.0604. The van der Waals surface area contributed by atoms with Crippen molar-refractivity contribution in [1.29, 1.82) is 0 Å². The Morgan fingerprint density at radius 3 is 2.04 bits per heavy atom. The van der Waals surface area contributed by atoms with Gasteiger partial charge in [-0.25, -0.2) is 0 Å². The highest BCUT2D eigenvalue weighted by Crippen LogP contribution is 2.24. The number of nitrogens with zero attached hydrogens (tertiary/aromatic N) is 2. The van der Waals surface area contributed by atoms with Crippen LogP contribution in [-0.2, 0) is 15.0 Å². The maximum Gasteiger partial charge on any atom is 0.240 e. The SMILES string of the molecule is Cc1cc(C)c(NC(=O)CN(C)CC(=O)Nc2cc(C(C)(C)C)no2)c(C)c1. The third kappa shape index (κ3) is 5.92. The van der Waals surface area contributed by atoms with Crippen LogP contribution in [0.15, 0.2) is 22.7 Å². The van der Waals surface area contributed by atoms with Gasteiger partial charge in [-0.3, -0.25) is 19.8 Å². The van der Waals surface area contributed by atoms with Crippen molar-refractivity contribution in [1.82, 2.24) is 10.1 Å². The fourth-order valence-electron chi connectivity index (χ4n) is 2.97. The lowest BCUT2D eigenvalue weighted by atomic mass is 9.92. The van der Waals surface area contributed by atoms with E-state index in [1.165, 1.54) is 0 Å². The molecule has 0 aliphatic carbocycles. The molecular weight excluding hydrogens is 356 g/mol. The minimum Gasteiger partial charge on any atom is -0.338 e. The van der Waals surface area contributed by atoms with Crippen LogP contribution in [0, 0.1) is 20.8 Å². The lowest BCUT2D eigenvalue weighted by molar-refractivity contribution is -0.119. The topological polar surface area (TPSA) is 87.5 Å². The smallest absolute Gasteiger partial charge is 0.240 e. The first kappa shape index (κ1) is 21.6. The maximum atomic E-state index is 12.4. The molecule has 0 aliphatic heterocycles. The van der Waals surface area contributed by atoms with Gasteiger partial charge in [-0.2, -0.15) is 0 Å². The molecule has 0 saturated carbocycles. The highest BCUT2D eigenvalue weighted by atomic mass is 16.5. The average molecular weight is 386 g/mol. The molecule has 0 saturated heterocycles. The quantitative estimate of drug-likeness (QED) is 0.794. The van der Waals surface area contributed by atoms with Crippen molar-refractivity contribution in [3.8, 4) is 0 Å². The number of aromatic nitrogens is 1. The van der Waals surface area contributed by atoms with E-state index in [1.54, 1.807) is 18.0 Å². The summed E-state index contributed by atoms with van der Waals surface area (Å²) in [5.74, 6) is -0.131. The average Bonchev–Trinajstić information content (AvgIpc) is 2.99. The minimum atomic E-state index is -0.269. The number of amides is 2. The Morgan fingerprint density at radius 1 is 1.00 bits per heavy atom. The number of likely N-dealkylation sites (N-methyl/N-ethyl adjacent to an activating group) is 1. The number of hydrogen-bond donors (Lipinski definition) is 2. The van der Waals surface area contributed by atoms with Crippen LogP contribution >= 0.6 is 0 Å². The highest BCUT2D eigenvalue weighted by molar-refractivity contribution is 5.95. The molecule has 0 atom stereocenters. The molecule has 152 valence electrons. The standard InChI is InChI=1S/C21H30N4O3/c1-13-8-14(2)20(15(3)9-13)23-18(27)12-25(7)11-17(26)22-19-10-16(24-28-19)21(4,5)6/h8-10H,11-12H2,1-7H3,(H,22,26)(H,23,27). The van der Waals surface area contributed by atoms with Crippen LogP contribution in [0.2, 0.25) is 0 Å². The summed E-state index contributed by atoms with van der Waals surface area (Å²) in [5, 5.41) is 9.58. The molecule has 0 unspecified atom stereocenters. The van der Waals surface area contributed by atoms with Gasteiger partial charge in [0.15, 0.2) is 0 Å². The summed E-state index contributed by atoms with van der Waals surface area (Å²) in [6, 6.07) is 5.78. The van der Waals surface area contributed by atoms with E-state index >= 15 is 0 Å². The Balaban J connectivity index is 1.87. The maximum absolute atomic E-state index is 12.4. The summed E-state index contributed by atoms with van der Waals surface area (Å²) in [4.78, 5) is 26.2. The van der Waals surface area contributed by atoms with E-state index in [2.05, 4.69) is 15.8 Å². The van der Waals surface area contributed by atoms with Crippen LogP contribution in [0.5, 0.6) is 0 Å². The van der Waals surface area contributed by atoms with Crippen LogP contribution in [0.4, 0.5) is 11.6 Å². The summed E-state index contributed by atoms with van der Waals surface area (Å²) in [5.41, 5.74) is 4.62. The zero-order valence-electron chi connectivity index (χ0n) is 17.8. The van der Waals surface area contributed by atoms with Crippen LogP contribution in [0.1, 0.15) is 43.2 Å². The van der Waals surface area contributed by atoms with E-state index in [9.17, 15) is 9.59 Å². The van der Waals surface area contributed by atoms with E-state index in [-0.39, 0.29) is 30.3 Å². The van der Waals surface area contributed by atoms with Gasteiger partial charge in [0, 0.05) is 17.2 Å². The lowest BCUT2D eigenvalue weighted by Gasteiger charge is -2.17. The molecule has 7 nitrogen and oxygen atoms in total. The zero-order valence-corrected chi connectivity index (χ0v) is 17.8. The van der Waals surface area contributed by atoms with Gasteiger partial charge in [0.1, 0.15) is 0 Å². The third-order valence-corrected chi connectivity index (χ3v) is 4.31. The number of rotatable bonds is 6. The normalized spacial score (nSPS) is 11.6. The fraction of sp³-hybridized carbons (Fsp3) is 0.476. The van der Waals surface area contributed by atoms with E-state index in [0.29, 0.717) is 5.88 Å². The molecule has 0 spiro atoms. The molecule has 2 rings (SSSR count). The molecule has 2 aromatic rings. The summed E-state index contributed by atoms with van der Waals surface area (Å²) < 4.78 is 5.16. The molecule has 28 heavy (non-hydrogen) atoms. The number of carbonyl (C=O) groups is 2. The number of aryl methyl sites for hydroxylation is 3. The van der Waals surface area contributed by atoms with Gasteiger partial charge >= 0.3 is 0 Å². The van der Waals surface area contributed by atoms with Crippen molar-refractivity contribution in [3.63, 3.8) is 0 Å². The van der Waals surface area contributed by atoms with Gasteiger partial charge in [-0.05, 0) is 38.9 Å². The molecule has 1 aromatic heterocycles. The zero-order chi connectivity index (χ0) is 21.1. The van der Waals surface area contributed by atoms with E-state index in [1.807, 2.05) is 53.7 Å². The molecule has 2 amide bonds. The van der Waals surface area contributed by atoms with Crippen LogP contribution in [0.3, 0.4) is 0 Å². The number of benzene rings is 1. The first-order valence-electron chi connectivity index (χ1n) is 9.29. The van der Waals surface area contributed by atoms with Gasteiger partial charge < -0.3 is 9.84 Å². The second kappa shape index (κ2) is 8.56. The van der Waals surface area contributed by atoms with Crippen molar-refractivity contribution in [2.24, 2.45) is 0 Å². The molecule has 0 aliphatic rings. The molecule has 7 heteroatoms. The molecule has 1 aromatic carbocycles. The number of anilines is 2. The van der Waals surface area contributed by atoms with Crippen molar-refractivity contribution >= 4 is 23.4 Å². The van der Waals surface area contributed by atoms with Crippen molar-refractivity contribution in [3.05, 3.63) is 40.6 Å². The van der Waals surface area contributed by atoms with E-state index in [0.717, 1.165) is 28.1 Å². The first-order chi connectivity index (χ1) is 13.0. The van der Waals surface area contributed by atoms with Gasteiger partial charge in [-0.15, -0.1) is 0 Å². The monoisotopic (exact) mass is 386 g/mol. The molecule has 0 fully saturated rings. The van der Waals surface area contributed by atoms with Crippen molar-refractivity contribution in [2.75, 3.05) is 30.8 Å². The molecular formula is C21H30N4O3. The van der Waals surface area contributed by atoms with Crippen LogP contribution in [-0.4, -0.2) is 42.0 Å². The summed E-state index contributed by atoms with van der Waals surface area (Å²) in [6.07, 6.45) is 0. The Bertz CT molecular complexity index is 842. The largest absolute Gasteiger partial charge is 0.338 e. The van der Waals surface area contributed by atoms with Gasteiger partial charge in [0.2, 0.25) is 17.7 Å². The Kier molecular flexibility index (Phi) is 6.61. The predicted molar refractivity (Wildman–Crippen MR) is 111 cm³/mol. The second-order valence-electron chi connectivity index (χ2n) is 8.37. The second-order valence-corrected chi connectivity index (χ2v) is 8.37. The number of carbonyl (C=O) groups excluding carboxylic acids is 2. The summed E-state index contributed by atoms with van der Waals surface area (Å²) in [6.45, 7) is 12.2. The Hall–Kier alpha value is -2.67. The molecule has 2 N–H and O–H groups in total. The number of nitrogens with one attached hydrogen (secondary N) is 2. The van der Waals surface area contributed by atoms with Gasteiger partial charge in [-0.1, -0.05) is 43.6 Å². The summed E-state index contributed by atoms with van der Waals surface area (Å²) >= 11 is 0. The molecule has 0 radical (unpaired) electrons. The van der Waals surface area contributed by atoms with Gasteiger partial charge in [0.05, 0.1) is 18.8 Å². The van der Waals surface area contributed by atoms with E-state index in [4.69, 9.17) is 4.52 Å². The lowest BCUT2D eigenvalue weighted by Crippen LogP contribution is -2.36. The van der Waals surface area contributed by atoms with Crippen molar-refractivity contribution < 1.29 is 14.1 Å². The summed E-state index contributed by atoms with van der Waals surface area (Å²) in [7, 11) is 1.72. The highest BCUT2D eigenvalue weighted by Gasteiger charge is 2.20. The van der Waals surface area contributed by atoms with E-state index < -0.39 is 0 Å². The van der Waals surface area contributed by atoms with Gasteiger partial charge in [0.25, 0.3) is 0 Å². The fourth-order valence-corrected chi connectivity index (χ4v) is 2.97. The predicted octanol–water partition coefficient (Wildman–Crippen LogP) is 3.41. The third-order valence-electron chi connectivity index (χ3n) is 4.31. The molecule has 0 bridgehead atoms. The van der Waals surface area contributed by atoms with Crippen molar-refractivity contribution in [2.45, 2.75) is 47.0 Å². The van der Waals surface area contributed by atoms with Crippen LogP contribution < -0.4 is 10.6 Å². The number of hydrogen-bond acceptors (Lipinski definition) is 5. The Labute approximate surface area is 166 Å². The first-order valence-corrected chi connectivity index (χ1v) is 9.29. The molecule has 1 heterocycles.